The van der Waals surface area contributed by atoms with Crippen molar-refractivity contribution < 1.29 is 0 Å². The van der Waals surface area contributed by atoms with E-state index in [0.29, 0.717) is 0 Å². The number of likely N-dealkylation sites (N-methyl/N-ethyl adjacent to an activating group) is 1. The van der Waals surface area contributed by atoms with E-state index in [4.69, 9.17) is 0 Å². The van der Waals surface area contributed by atoms with Gasteiger partial charge in [0.05, 0.1) is 0 Å². The van der Waals surface area contributed by atoms with E-state index in [0.717, 1.165) is 19.5 Å². The molecule has 0 aromatic heterocycles. The molecular formula is C14H22N2. The molecule has 0 saturated carbocycles. The van der Waals surface area contributed by atoms with Crippen LogP contribution in [0.15, 0.2) is 24.3 Å². The highest BCUT2D eigenvalue weighted by atomic mass is 15.2. The minimum Gasteiger partial charge on any atom is -0.369 e. The van der Waals surface area contributed by atoms with Crippen molar-refractivity contribution in [2.75, 3.05) is 25.0 Å². The average Bonchev–Trinajstić information content (AvgIpc) is 2.73. The number of para-hydroxylation sites is 1. The van der Waals surface area contributed by atoms with E-state index in [1.54, 1.807) is 0 Å². The maximum absolute atomic E-state index is 3.44. The fraction of sp³-hybridized carbons (Fsp3) is 0.571. The number of anilines is 1. The zero-order valence-corrected chi connectivity index (χ0v) is 10.6. The third-order valence-electron chi connectivity index (χ3n) is 3.79. The minimum absolute atomic E-state index is 0.279. The van der Waals surface area contributed by atoms with Gasteiger partial charge in [-0.05, 0) is 38.4 Å². The standard InChI is InChI=1S/C14H22N2/c1-4-12-7-5-6-8-13(12)16-10-9-14(2,11-16)15-3/h5-8,15H,4,9-11H2,1-3H3. The second-order valence-electron chi connectivity index (χ2n) is 4.96. The van der Waals surface area contributed by atoms with Crippen molar-refractivity contribution in [3.8, 4) is 0 Å². The van der Waals surface area contributed by atoms with Crippen molar-refractivity contribution in [2.45, 2.75) is 32.2 Å². The van der Waals surface area contributed by atoms with Crippen LogP contribution in [0.25, 0.3) is 0 Å². The molecule has 1 aromatic rings. The molecule has 1 unspecified atom stereocenters. The first kappa shape index (κ1) is 11.5. The Morgan fingerprint density at radius 2 is 2.12 bits per heavy atom. The van der Waals surface area contributed by atoms with E-state index in [2.05, 4.69) is 55.4 Å². The summed E-state index contributed by atoms with van der Waals surface area (Å²) < 4.78 is 0. The molecule has 1 aliphatic heterocycles. The highest BCUT2D eigenvalue weighted by Gasteiger charge is 2.32. The lowest BCUT2D eigenvalue weighted by molar-refractivity contribution is 0.428. The molecule has 1 aromatic carbocycles. The Labute approximate surface area is 98.7 Å². The van der Waals surface area contributed by atoms with Crippen molar-refractivity contribution >= 4 is 5.69 Å². The minimum atomic E-state index is 0.279. The molecule has 1 aliphatic rings. The van der Waals surface area contributed by atoms with E-state index in [1.165, 1.54) is 17.7 Å². The molecule has 0 spiro atoms. The Bertz CT molecular complexity index is 362. The van der Waals surface area contributed by atoms with Crippen molar-refractivity contribution in [1.82, 2.24) is 5.32 Å². The first-order valence-electron chi connectivity index (χ1n) is 6.20. The van der Waals surface area contributed by atoms with Gasteiger partial charge in [-0.25, -0.2) is 0 Å². The molecule has 0 aliphatic carbocycles. The van der Waals surface area contributed by atoms with Crippen LogP contribution in [-0.4, -0.2) is 25.7 Å². The van der Waals surface area contributed by atoms with Gasteiger partial charge in [0.2, 0.25) is 0 Å². The topological polar surface area (TPSA) is 15.3 Å². The summed E-state index contributed by atoms with van der Waals surface area (Å²) >= 11 is 0. The zero-order valence-electron chi connectivity index (χ0n) is 10.6. The predicted molar refractivity (Wildman–Crippen MR) is 70.1 cm³/mol. The van der Waals surface area contributed by atoms with Gasteiger partial charge in [0, 0.05) is 24.3 Å². The van der Waals surface area contributed by atoms with Crippen molar-refractivity contribution in [1.29, 1.82) is 0 Å². The van der Waals surface area contributed by atoms with Crippen LogP contribution in [0.4, 0.5) is 5.69 Å². The lowest BCUT2D eigenvalue weighted by atomic mass is 10.0. The van der Waals surface area contributed by atoms with Gasteiger partial charge >= 0.3 is 0 Å². The van der Waals surface area contributed by atoms with Crippen molar-refractivity contribution in [2.24, 2.45) is 0 Å². The normalized spacial score (nSPS) is 25.1. The third-order valence-corrected chi connectivity index (χ3v) is 3.79. The fourth-order valence-corrected chi connectivity index (χ4v) is 2.49. The van der Waals surface area contributed by atoms with E-state index < -0.39 is 0 Å². The monoisotopic (exact) mass is 218 g/mol. The van der Waals surface area contributed by atoms with Crippen LogP contribution < -0.4 is 10.2 Å². The molecule has 1 saturated heterocycles. The Morgan fingerprint density at radius 3 is 2.75 bits per heavy atom. The fourth-order valence-electron chi connectivity index (χ4n) is 2.49. The van der Waals surface area contributed by atoms with Crippen LogP contribution in [0.5, 0.6) is 0 Å². The molecular weight excluding hydrogens is 196 g/mol. The highest BCUT2D eigenvalue weighted by Crippen LogP contribution is 2.29. The van der Waals surface area contributed by atoms with Crippen molar-refractivity contribution in [3.63, 3.8) is 0 Å². The van der Waals surface area contributed by atoms with Gasteiger partial charge in [0.25, 0.3) is 0 Å². The van der Waals surface area contributed by atoms with Gasteiger partial charge in [0.15, 0.2) is 0 Å². The number of aryl methyl sites for hydroxylation is 1. The predicted octanol–water partition coefficient (Wildman–Crippen LogP) is 2.44. The molecule has 88 valence electrons. The summed E-state index contributed by atoms with van der Waals surface area (Å²) in [6.45, 7) is 6.81. The number of nitrogens with zero attached hydrogens (tertiary/aromatic N) is 1. The quantitative estimate of drug-likeness (QED) is 0.838. The molecule has 2 heteroatoms. The Balaban J connectivity index is 2.20. The van der Waals surface area contributed by atoms with Gasteiger partial charge in [0.1, 0.15) is 0 Å². The first-order chi connectivity index (χ1) is 7.68. The largest absolute Gasteiger partial charge is 0.369 e. The maximum atomic E-state index is 3.44. The summed E-state index contributed by atoms with van der Waals surface area (Å²) in [6.07, 6.45) is 2.34. The van der Waals surface area contributed by atoms with E-state index in [9.17, 15) is 0 Å². The number of rotatable bonds is 3. The molecule has 1 atom stereocenters. The van der Waals surface area contributed by atoms with Gasteiger partial charge in [-0.3, -0.25) is 0 Å². The molecule has 2 nitrogen and oxygen atoms in total. The number of benzene rings is 1. The SMILES string of the molecule is CCc1ccccc1N1CCC(C)(NC)C1. The average molecular weight is 218 g/mol. The van der Waals surface area contributed by atoms with E-state index >= 15 is 0 Å². The molecule has 16 heavy (non-hydrogen) atoms. The molecule has 1 heterocycles. The second kappa shape index (κ2) is 4.46. The van der Waals surface area contributed by atoms with Crippen LogP contribution in [0.3, 0.4) is 0 Å². The second-order valence-corrected chi connectivity index (χ2v) is 4.96. The lowest BCUT2D eigenvalue weighted by Gasteiger charge is -2.26. The number of hydrogen-bond donors (Lipinski definition) is 1. The maximum Gasteiger partial charge on any atom is 0.0399 e. The number of nitrogens with one attached hydrogen (secondary N) is 1. The first-order valence-corrected chi connectivity index (χ1v) is 6.20. The molecule has 0 amide bonds. The third kappa shape index (κ3) is 2.07. The van der Waals surface area contributed by atoms with E-state index in [-0.39, 0.29) is 5.54 Å². The van der Waals surface area contributed by atoms with Gasteiger partial charge in [-0.2, -0.15) is 0 Å². The molecule has 1 fully saturated rings. The van der Waals surface area contributed by atoms with Crippen LogP contribution in [0, 0.1) is 0 Å². The number of hydrogen-bond acceptors (Lipinski definition) is 2. The Hall–Kier alpha value is -1.02. The summed E-state index contributed by atoms with van der Waals surface area (Å²) in [7, 11) is 2.06. The summed E-state index contributed by atoms with van der Waals surface area (Å²) in [5.74, 6) is 0. The van der Waals surface area contributed by atoms with Crippen LogP contribution in [-0.2, 0) is 6.42 Å². The zero-order chi connectivity index (χ0) is 11.6. The van der Waals surface area contributed by atoms with E-state index in [1.807, 2.05) is 0 Å². The summed E-state index contributed by atoms with van der Waals surface area (Å²) in [6, 6.07) is 8.77. The highest BCUT2D eigenvalue weighted by molar-refractivity contribution is 5.55. The summed E-state index contributed by atoms with van der Waals surface area (Å²) in [4.78, 5) is 2.51. The Morgan fingerprint density at radius 1 is 1.38 bits per heavy atom. The molecule has 0 radical (unpaired) electrons. The van der Waals surface area contributed by atoms with Crippen molar-refractivity contribution in [3.05, 3.63) is 29.8 Å². The smallest absolute Gasteiger partial charge is 0.0399 e. The molecule has 0 bridgehead atoms. The van der Waals surface area contributed by atoms with Crippen LogP contribution in [0.2, 0.25) is 0 Å². The molecule has 1 N–H and O–H groups in total. The van der Waals surface area contributed by atoms with Gasteiger partial charge in [-0.1, -0.05) is 25.1 Å². The van der Waals surface area contributed by atoms with Crippen LogP contribution >= 0.6 is 0 Å². The lowest BCUT2D eigenvalue weighted by Crippen LogP contribution is -2.42. The summed E-state index contributed by atoms with van der Waals surface area (Å²) in [5.41, 5.74) is 3.16. The van der Waals surface area contributed by atoms with Gasteiger partial charge in [-0.15, -0.1) is 0 Å². The molecule has 2 rings (SSSR count). The Kier molecular flexibility index (Phi) is 3.20. The van der Waals surface area contributed by atoms with Crippen LogP contribution in [0.1, 0.15) is 25.8 Å². The van der Waals surface area contributed by atoms with Gasteiger partial charge < -0.3 is 10.2 Å². The summed E-state index contributed by atoms with van der Waals surface area (Å²) in [5, 5.41) is 3.44.